The zero-order chi connectivity index (χ0) is 9.23. The van der Waals surface area contributed by atoms with Crippen molar-refractivity contribution in [2.45, 2.75) is 13.3 Å². The molecule has 0 saturated heterocycles. The van der Waals surface area contributed by atoms with Gasteiger partial charge in [0.05, 0.1) is 19.6 Å². The highest BCUT2D eigenvalue weighted by molar-refractivity contribution is 5.69. The molecule has 70 valence electrons. The molecule has 0 aromatic carbocycles. The van der Waals surface area contributed by atoms with Crippen molar-refractivity contribution in [1.82, 2.24) is 5.59 Å². The number of hydrazine groups is 1. The van der Waals surface area contributed by atoms with E-state index in [2.05, 4.69) is 4.84 Å². The normalized spacial score (nSPS) is 10.5. The van der Waals surface area contributed by atoms with Gasteiger partial charge in [0.2, 0.25) is 0 Å². The summed E-state index contributed by atoms with van der Waals surface area (Å²) >= 11 is 0. The van der Waals surface area contributed by atoms with Crippen LogP contribution in [0.4, 0.5) is 0 Å². The fourth-order valence-corrected chi connectivity index (χ4v) is 0.520. The topological polar surface area (TPSA) is 73.6 Å². The fraction of sp³-hybridized carbons (Fsp3) is 0.571. The second-order valence-corrected chi connectivity index (χ2v) is 1.99. The first-order chi connectivity index (χ1) is 5.81. The lowest BCUT2D eigenvalue weighted by Crippen LogP contribution is -2.26. The quantitative estimate of drug-likeness (QED) is 0.254. The molecule has 0 bridgehead atoms. The Hall–Kier alpha value is -0.910. The molecule has 0 fully saturated rings. The first-order valence-electron chi connectivity index (χ1n) is 3.65. The second-order valence-electron chi connectivity index (χ2n) is 1.99. The van der Waals surface area contributed by atoms with Crippen molar-refractivity contribution in [3.05, 3.63) is 12.2 Å². The van der Waals surface area contributed by atoms with Gasteiger partial charge in [-0.05, 0) is 6.92 Å². The summed E-state index contributed by atoms with van der Waals surface area (Å²) in [5, 5.41) is 0. The third kappa shape index (κ3) is 7.20. The molecule has 0 atom stereocenters. The molecule has 0 aliphatic carbocycles. The van der Waals surface area contributed by atoms with Gasteiger partial charge in [0.1, 0.15) is 0 Å². The van der Waals surface area contributed by atoms with E-state index in [-0.39, 0.29) is 6.42 Å². The van der Waals surface area contributed by atoms with Crippen LogP contribution in [-0.2, 0) is 14.4 Å². The summed E-state index contributed by atoms with van der Waals surface area (Å²) in [7, 11) is 0. The van der Waals surface area contributed by atoms with Gasteiger partial charge < -0.3 is 9.57 Å². The number of ether oxygens (including phenoxy) is 1. The molecule has 0 saturated carbocycles. The van der Waals surface area contributed by atoms with E-state index in [1.54, 1.807) is 5.59 Å². The summed E-state index contributed by atoms with van der Waals surface area (Å²) in [5.74, 6) is 4.30. The maximum atomic E-state index is 10.6. The lowest BCUT2D eigenvalue weighted by Gasteiger charge is -2.00. The fourth-order valence-electron chi connectivity index (χ4n) is 0.520. The number of hydrogen-bond donors (Lipinski definition) is 2. The Bertz CT molecular complexity index is 148. The van der Waals surface area contributed by atoms with Crippen LogP contribution in [-0.4, -0.2) is 19.2 Å². The van der Waals surface area contributed by atoms with Crippen LogP contribution in [0.15, 0.2) is 12.2 Å². The second kappa shape index (κ2) is 8.19. The average molecular weight is 174 g/mol. The highest BCUT2D eigenvalue weighted by atomic mass is 16.7. The third-order valence-electron chi connectivity index (χ3n) is 1.07. The average Bonchev–Trinajstić information content (AvgIpc) is 2.05. The van der Waals surface area contributed by atoms with E-state index in [1.807, 2.05) is 19.1 Å². The molecule has 0 aromatic rings. The Kier molecular flexibility index (Phi) is 7.57. The van der Waals surface area contributed by atoms with E-state index in [0.717, 1.165) is 0 Å². The molecule has 0 unspecified atom stereocenters. The molecule has 0 rings (SSSR count). The van der Waals surface area contributed by atoms with Gasteiger partial charge in [0.15, 0.2) is 0 Å². The number of nitrogens with two attached hydrogens (primary N) is 1. The zero-order valence-electron chi connectivity index (χ0n) is 7.08. The largest absolute Gasteiger partial charge is 0.377 e. The molecule has 0 aliphatic heterocycles. The first-order valence-corrected chi connectivity index (χ1v) is 3.65. The molecule has 0 aromatic heterocycles. The van der Waals surface area contributed by atoms with Crippen LogP contribution in [0, 0.1) is 0 Å². The molecule has 0 heterocycles. The molecule has 0 radical (unpaired) electrons. The van der Waals surface area contributed by atoms with Crippen molar-refractivity contribution in [3.63, 3.8) is 0 Å². The molecule has 0 amide bonds. The Balaban J connectivity index is 3.13. The predicted octanol–water partition coefficient (Wildman–Crippen LogP) is -0.109. The van der Waals surface area contributed by atoms with Crippen molar-refractivity contribution in [1.29, 1.82) is 0 Å². The minimum atomic E-state index is -0.432. The summed E-state index contributed by atoms with van der Waals surface area (Å²) in [4.78, 5) is 14.9. The SMILES string of the molecule is CC=CCOCCC(=O)ONN. The Morgan fingerprint density at radius 1 is 1.67 bits per heavy atom. The standard InChI is InChI=1S/C7H14N2O3/c1-2-3-5-11-6-4-7(10)12-9-8/h2-3,9H,4-6,8H2,1H3. The van der Waals surface area contributed by atoms with Crippen LogP contribution in [0.2, 0.25) is 0 Å². The van der Waals surface area contributed by atoms with Crippen molar-refractivity contribution >= 4 is 5.97 Å². The van der Waals surface area contributed by atoms with Crippen molar-refractivity contribution in [2.75, 3.05) is 13.2 Å². The number of nitrogens with one attached hydrogen (secondary N) is 1. The van der Waals surface area contributed by atoms with Crippen molar-refractivity contribution < 1.29 is 14.4 Å². The van der Waals surface area contributed by atoms with E-state index < -0.39 is 5.97 Å². The molecular weight excluding hydrogens is 160 g/mol. The molecule has 5 heteroatoms. The van der Waals surface area contributed by atoms with Gasteiger partial charge in [-0.2, -0.15) is 0 Å². The van der Waals surface area contributed by atoms with Crippen LogP contribution in [0.1, 0.15) is 13.3 Å². The van der Waals surface area contributed by atoms with Crippen LogP contribution >= 0.6 is 0 Å². The van der Waals surface area contributed by atoms with E-state index >= 15 is 0 Å². The minimum absolute atomic E-state index is 0.196. The lowest BCUT2D eigenvalue weighted by atomic mass is 10.5. The molecule has 3 N–H and O–H groups in total. The van der Waals surface area contributed by atoms with E-state index in [0.29, 0.717) is 13.2 Å². The molecule has 0 aliphatic rings. The summed E-state index contributed by atoms with van der Waals surface area (Å²) in [6.07, 6.45) is 3.92. The highest BCUT2D eigenvalue weighted by Crippen LogP contribution is 1.85. The van der Waals surface area contributed by atoms with Gasteiger partial charge >= 0.3 is 5.97 Å². The molecular formula is C7H14N2O3. The number of hydrogen-bond acceptors (Lipinski definition) is 5. The van der Waals surface area contributed by atoms with E-state index in [9.17, 15) is 4.79 Å². The van der Waals surface area contributed by atoms with Crippen LogP contribution < -0.4 is 11.4 Å². The molecule has 5 nitrogen and oxygen atoms in total. The van der Waals surface area contributed by atoms with Gasteiger partial charge in [-0.3, -0.25) is 4.79 Å². The highest BCUT2D eigenvalue weighted by Gasteiger charge is 2.00. The minimum Gasteiger partial charge on any atom is -0.377 e. The van der Waals surface area contributed by atoms with E-state index in [1.165, 1.54) is 0 Å². The number of rotatable bonds is 6. The van der Waals surface area contributed by atoms with Crippen molar-refractivity contribution in [3.8, 4) is 0 Å². The van der Waals surface area contributed by atoms with Crippen LogP contribution in [0.3, 0.4) is 0 Å². The Labute approximate surface area is 71.4 Å². The summed E-state index contributed by atoms with van der Waals surface area (Å²) in [5.41, 5.74) is 1.80. The third-order valence-corrected chi connectivity index (χ3v) is 1.07. The predicted molar refractivity (Wildman–Crippen MR) is 43.7 cm³/mol. The maximum absolute atomic E-state index is 10.6. The molecule has 12 heavy (non-hydrogen) atoms. The van der Waals surface area contributed by atoms with Gasteiger partial charge in [-0.25, -0.2) is 5.84 Å². The number of carbonyl (C=O) groups excluding carboxylic acids is 1. The maximum Gasteiger partial charge on any atom is 0.328 e. The first kappa shape index (κ1) is 11.1. The summed E-state index contributed by atoms with van der Waals surface area (Å²) < 4.78 is 5.03. The van der Waals surface area contributed by atoms with Gasteiger partial charge in [0.25, 0.3) is 0 Å². The van der Waals surface area contributed by atoms with Gasteiger partial charge in [0, 0.05) is 0 Å². The van der Waals surface area contributed by atoms with Gasteiger partial charge in [-0.1, -0.05) is 17.7 Å². The number of carbonyl (C=O) groups is 1. The van der Waals surface area contributed by atoms with Crippen LogP contribution in [0.5, 0.6) is 0 Å². The number of allylic oxidation sites excluding steroid dienone is 1. The molecule has 0 spiro atoms. The Morgan fingerprint density at radius 3 is 3.00 bits per heavy atom. The lowest BCUT2D eigenvalue weighted by molar-refractivity contribution is -0.152. The summed E-state index contributed by atoms with van der Waals surface area (Å²) in [6, 6.07) is 0. The van der Waals surface area contributed by atoms with Gasteiger partial charge in [-0.15, -0.1) is 0 Å². The Morgan fingerprint density at radius 2 is 2.42 bits per heavy atom. The van der Waals surface area contributed by atoms with Crippen LogP contribution in [0.25, 0.3) is 0 Å². The summed E-state index contributed by atoms with van der Waals surface area (Å²) in [6.45, 7) is 2.75. The van der Waals surface area contributed by atoms with E-state index in [4.69, 9.17) is 10.6 Å². The smallest absolute Gasteiger partial charge is 0.328 e. The monoisotopic (exact) mass is 174 g/mol. The van der Waals surface area contributed by atoms with Crippen molar-refractivity contribution in [2.24, 2.45) is 5.84 Å². The zero-order valence-corrected chi connectivity index (χ0v) is 7.08.